The first-order valence-electron chi connectivity index (χ1n) is 7.94. The number of nitrogens with zero attached hydrogens (tertiary/aromatic N) is 3. The molecule has 1 aliphatic rings. The summed E-state index contributed by atoms with van der Waals surface area (Å²) in [7, 11) is 1.67. The van der Waals surface area contributed by atoms with Gasteiger partial charge in [-0.2, -0.15) is 5.10 Å². The molecule has 5 nitrogen and oxygen atoms in total. The van der Waals surface area contributed by atoms with Gasteiger partial charge in [-0.05, 0) is 36.2 Å². The fourth-order valence-electron chi connectivity index (χ4n) is 3.08. The Morgan fingerprint density at radius 3 is 2.62 bits per heavy atom. The average Bonchev–Trinajstić information content (AvgIpc) is 3.12. The quantitative estimate of drug-likeness (QED) is 0.804. The highest BCUT2D eigenvalue weighted by molar-refractivity contribution is 6.04. The second-order valence-corrected chi connectivity index (χ2v) is 5.91. The van der Waals surface area contributed by atoms with Crippen molar-refractivity contribution in [2.45, 2.75) is 19.4 Å². The number of fused-ring (bicyclic) bond motifs is 1. The summed E-state index contributed by atoms with van der Waals surface area (Å²) in [5.74, 6) is 0.856. The van der Waals surface area contributed by atoms with Gasteiger partial charge in [0.15, 0.2) is 0 Å². The Morgan fingerprint density at radius 2 is 1.83 bits per heavy atom. The minimum atomic E-state index is 0.151. The van der Waals surface area contributed by atoms with E-state index in [1.807, 2.05) is 30.3 Å². The fourth-order valence-corrected chi connectivity index (χ4v) is 3.08. The summed E-state index contributed by atoms with van der Waals surface area (Å²) in [6, 6.07) is 16.3. The van der Waals surface area contributed by atoms with Gasteiger partial charge < -0.3 is 10.2 Å². The second-order valence-electron chi connectivity index (χ2n) is 5.91. The topological polar surface area (TPSA) is 59.4 Å². The number of methoxy groups -OCH3 is 1. The molecule has 0 radical (unpaired) electrons. The van der Waals surface area contributed by atoms with E-state index in [1.165, 1.54) is 5.56 Å². The van der Waals surface area contributed by atoms with Crippen LogP contribution in [-0.2, 0) is 0 Å². The molecule has 0 saturated carbocycles. The van der Waals surface area contributed by atoms with Crippen LogP contribution in [0.4, 0.5) is 0 Å². The van der Waals surface area contributed by atoms with Crippen LogP contribution in [0.25, 0.3) is 10.9 Å². The molecular weight excluding hydrogens is 300 g/mol. The molecule has 2 aromatic carbocycles. The van der Waals surface area contributed by atoms with E-state index in [2.05, 4.69) is 45.8 Å². The zero-order chi connectivity index (χ0) is 16.5. The van der Waals surface area contributed by atoms with Crippen LogP contribution >= 0.6 is 0 Å². The van der Waals surface area contributed by atoms with Crippen LogP contribution in [0.3, 0.4) is 0 Å². The van der Waals surface area contributed by atoms with Crippen molar-refractivity contribution in [1.82, 2.24) is 15.6 Å². The third kappa shape index (κ3) is 2.48. The number of benzene rings is 2. The van der Waals surface area contributed by atoms with E-state index >= 15 is 0 Å². The molecule has 0 amide bonds. The molecule has 3 aromatic rings. The lowest BCUT2D eigenvalue weighted by atomic mass is 9.98. The predicted molar refractivity (Wildman–Crippen MR) is 94.3 cm³/mol. The van der Waals surface area contributed by atoms with E-state index in [0.29, 0.717) is 0 Å². The average molecular weight is 318 g/mol. The van der Waals surface area contributed by atoms with Crippen molar-refractivity contribution >= 4 is 16.6 Å². The molecule has 1 atom stereocenters. The highest BCUT2D eigenvalue weighted by Gasteiger charge is 2.24. The smallest absolute Gasteiger partial charge is 0.118 e. The van der Waals surface area contributed by atoms with Crippen molar-refractivity contribution in [1.29, 1.82) is 0 Å². The molecule has 4 rings (SSSR count). The van der Waals surface area contributed by atoms with Crippen LogP contribution in [0.1, 0.15) is 29.3 Å². The molecule has 120 valence electrons. The van der Waals surface area contributed by atoms with Crippen molar-refractivity contribution in [2.75, 3.05) is 7.11 Å². The van der Waals surface area contributed by atoms with Gasteiger partial charge in [0.05, 0.1) is 24.4 Å². The van der Waals surface area contributed by atoms with Gasteiger partial charge in [-0.3, -0.25) is 0 Å². The highest BCUT2D eigenvalue weighted by Crippen LogP contribution is 2.27. The lowest BCUT2D eigenvalue weighted by Gasteiger charge is -2.11. The van der Waals surface area contributed by atoms with Gasteiger partial charge in [0.2, 0.25) is 0 Å². The number of nitrogens with one attached hydrogen (secondary N) is 1. The molecule has 2 heterocycles. The molecule has 1 aliphatic heterocycles. The van der Waals surface area contributed by atoms with Crippen molar-refractivity contribution in [3.63, 3.8) is 0 Å². The van der Waals surface area contributed by atoms with E-state index in [0.717, 1.165) is 40.0 Å². The van der Waals surface area contributed by atoms with Crippen molar-refractivity contribution < 1.29 is 4.74 Å². The zero-order valence-electron chi connectivity index (χ0n) is 13.7. The van der Waals surface area contributed by atoms with Crippen molar-refractivity contribution in [3.8, 4) is 5.75 Å². The molecule has 0 bridgehead atoms. The summed E-state index contributed by atoms with van der Waals surface area (Å²) >= 11 is 0. The minimum absolute atomic E-state index is 0.151. The number of ether oxygens (including phenoxy) is 1. The van der Waals surface area contributed by atoms with Gasteiger partial charge in [0.1, 0.15) is 11.4 Å². The summed E-state index contributed by atoms with van der Waals surface area (Å²) in [5, 5.41) is 14.4. The van der Waals surface area contributed by atoms with E-state index < -0.39 is 0 Å². The molecule has 5 heteroatoms. The first kappa shape index (κ1) is 14.6. The third-order valence-electron chi connectivity index (χ3n) is 4.47. The van der Waals surface area contributed by atoms with E-state index in [4.69, 9.17) is 4.74 Å². The normalized spacial score (nSPS) is 16.8. The number of rotatable bonds is 3. The monoisotopic (exact) mass is 318 g/mol. The maximum absolute atomic E-state index is 5.21. The Kier molecular flexibility index (Phi) is 3.61. The van der Waals surface area contributed by atoms with E-state index in [-0.39, 0.29) is 6.04 Å². The van der Waals surface area contributed by atoms with Gasteiger partial charge in [-0.25, -0.2) is 0 Å². The number of aromatic nitrogens is 2. The van der Waals surface area contributed by atoms with Gasteiger partial charge in [-0.15, -0.1) is 10.2 Å². The maximum Gasteiger partial charge on any atom is 0.118 e. The standard InChI is InChI=1S/C19H18N4O/c1-12-15-5-3-4-6-16(15)20-23-19(12)18-11-17(21-22-18)13-7-9-14(24-2)10-8-13/h3-10,17,21H,11H2,1-2H3. The summed E-state index contributed by atoms with van der Waals surface area (Å²) in [5.41, 5.74) is 8.25. The molecular formula is C19H18N4O. The maximum atomic E-state index is 5.21. The van der Waals surface area contributed by atoms with Crippen LogP contribution in [0, 0.1) is 6.92 Å². The summed E-state index contributed by atoms with van der Waals surface area (Å²) in [4.78, 5) is 0. The van der Waals surface area contributed by atoms with Gasteiger partial charge in [-0.1, -0.05) is 30.3 Å². The third-order valence-corrected chi connectivity index (χ3v) is 4.47. The molecule has 0 fully saturated rings. The molecule has 0 spiro atoms. The van der Waals surface area contributed by atoms with Crippen molar-refractivity contribution in [2.24, 2.45) is 5.10 Å². The Hall–Kier alpha value is -2.95. The Balaban J connectivity index is 1.61. The zero-order valence-corrected chi connectivity index (χ0v) is 13.7. The minimum Gasteiger partial charge on any atom is -0.497 e. The van der Waals surface area contributed by atoms with Crippen LogP contribution in [0.5, 0.6) is 5.75 Å². The number of hydrogen-bond donors (Lipinski definition) is 1. The predicted octanol–water partition coefficient (Wildman–Crippen LogP) is 3.39. The molecule has 1 N–H and O–H groups in total. The van der Waals surface area contributed by atoms with Gasteiger partial charge >= 0.3 is 0 Å². The van der Waals surface area contributed by atoms with Gasteiger partial charge in [0.25, 0.3) is 0 Å². The molecule has 24 heavy (non-hydrogen) atoms. The number of hydrazone groups is 1. The fraction of sp³-hybridized carbons (Fsp3) is 0.211. The molecule has 1 aromatic heterocycles. The first-order chi connectivity index (χ1) is 11.8. The second kappa shape index (κ2) is 5.92. The molecule has 0 saturated heterocycles. The molecule has 1 unspecified atom stereocenters. The van der Waals surface area contributed by atoms with Crippen molar-refractivity contribution in [3.05, 3.63) is 65.4 Å². The largest absolute Gasteiger partial charge is 0.497 e. The number of aryl methyl sites for hydroxylation is 1. The molecule has 0 aliphatic carbocycles. The van der Waals surface area contributed by atoms with Crippen LogP contribution < -0.4 is 10.2 Å². The summed E-state index contributed by atoms with van der Waals surface area (Å²) in [6.45, 7) is 2.08. The number of hydrogen-bond acceptors (Lipinski definition) is 5. The SMILES string of the molecule is COc1ccc(C2CC(c3nnc4ccccc4c3C)=NN2)cc1. The van der Waals surface area contributed by atoms with Crippen LogP contribution in [0.2, 0.25) is 0 Å². The summed E-state index contributed by atoms with van der Waals surface area (Å²) in [6.07, 6.45) is 0.792. The van der Waals surface area contributed by atoms with E-state index in [1.54, 1.807) is 7.11 Å². The van der Waals surface area contributed by atoms with E-state index in [9.17, 15) is 0 Å². The highest BCUT2D eigenvalue weighted by atomic mass is 16.5. The lowest BCUT2D eigenvalue weighted by Crippen LogP contribution is -2.10. The first-order valence-corrected chi connectivity index (χ1v) is 7.94. The summed E-state index contributed by atoms with van der Waals surface area (Å²) < 4.78 is 5.21. The van der Waals surface area contributed by atoms with Crippen LogP contribution in [-0.4, -0.2) is 23.0 Å². The Bertz CT molecular complexity index is 918. The lowest BCUT2D eigenvalue weighted by molar-refractivity contribution is 0.414. The van der Waals surface area contributed by atoms with Crippen LogP contribution in [0.15, 0.2) is 53.6 Å². The Morgan fingerprint density at radius 1 is 1.04 bits per heavy atom. The Labute approximate surface area is 140 Å². The van der Waals surface area contributed by atoms with Gasteiger partial charge in [0, 0.05) is 11.8 Å².